The average Bonchev–Trinajstić information content (AvgIpc) is 2.73. The van der Waals surface area contributed by atoms with Crippen LogP contribution in [0.3, 0.4) is 0 Å². The third-order valence-electron chi connectivity index (χ3n) is 4.19. The van der Waals surface area contributed by atoms with Crippen LogP contribution in [0.15, 0.2) is 23.3 Å². The van der Waals surface area contributed by atoms with E-state index in [4.69, 9.17) is 5.73 Å². The van der Waals surface area contributed by atoms with Crippen molar-refractivity contribution in [1.29, 1.82) is 0 Å². The van der Waals surface area contributed by atoms with Gasteiger partial charge in [-0.2, -0.15) is 0 Å². The number of nitrogens with one attached hydrogen (secondary N) is 1. The molecule has 0 radical (unpaired) electrons. The van der Waals surface area contributed by atoms with Crippen molar-refractivity contribution in [1.82, 2.24) is 9.97 Å². The summed E-state index contributed by atoms with van der Waals surface area (Å²) in [5, 5.41) is 10.1. The van der Waals surface area contributed by atoms with Crippen LogP contribution in [0.4, 0.5) is 11.4 Å². The zero-order chi connectivity index (χ0) is 14.8. The lowest BCUT2D eigenvalue weighted by Crippen LogP contribution is -2.38. The lowest BCUT2D eigenvalue weighted by Gasteiger charge is -2.31. The SMILES string of the molecule is Nc1cc2c(=O)[nH]cnc2cc1N1CCCCCC1CO. The Kier molecular flexibility index (Phi) is 3.79. The quantitative estimate of drug-likeness (QED) is 0.723. The Morgan fingerprint density at radius 3 is 3.05 bits per heavy atom. The second kappa shape index (κ2) is 5.73. The molecule has 1 atom stereocenters. The molecule has 1 aromatic carbocycles. The number of anilines is 2. The summed E-state index contributed by atoms with van der Waals surface area (Å²) >= 11 is 0. The summed E-state index contributed by atoms with van der Waals surface area (Å²) in [5.74, 6) is 0. The van der Waals surface area contributed by atoms with E-state index in [9.17, 15) is 9.90 Å². The first-order valence-electron chi connectivity index (χ1n) is 7.35. The minimum atomic E-state index is -0.187. The van der Waals surface area contributed by atoms with Gasteiger partial charge in [-0.1, -0.05) is 12.8 Å². The third-order valence-corrected chi connectivity index (χ3v) is 4.19. The highest BCUT2D eigenvalue weighted by molar-refractivity contribution is 5.88. The molecule has 1 fully saturated rings. The fraction of sp³-hybridized carbons (Fsp3) is 0.467. The predicted octanol–water partition coefficient (Wildman–Crippen LogP) is 1.25. The lowest BCUT2D eigenvalue weighted by molar-refractivity contribution is 0.255. The third kappa shape index (κ3) is 2.58. The Balaban J connectivity index is 2.10. The summed E-state index contributed by atoms with van der Waals surface area (Å²) in [6.07, 6.45) is 5.72. The minimum absolute atomic E-state index is 0.0780. The first-order chi connectivity index (χ1) is 10.2. The molecule has 1 aliphatic heterocycles. The van der Waals surface area contributed by atoms with Crippen molar-refractivity contribution in [3.8, 4) is 0 Å². The molecule has 4 N–H and O–H groups in total. The van der Waals surface area contributed by atoms with Crippen LogP contribution in [-0.4, -0.2) is 34.3 Å². The van der Waals surface area contributed by atoms with Crippen molar-refractivity contribution >= 4 is 22.3 Å². The summed E-state index contributed by atoms with van der Waals surface area (Å²) in [7, 11) is 0. The van der Waals surface area contributed by atoms with Gasteiger partial charge in [0, 0.05) is 6.54 Å². The van der Waals surface area contributed by atoms with E-state index in [0.29, 0.717) is 16.6 Å². The molecule has 6 heteroatoms. The molecule has 21 heavy (non-hydrogen) atoms. The first-order valence-corrected chi connectivity index (χ1v) is 7.35. The number of aliphatic hydroxyl groups excluding tert-OH is 1. The molecule has 0 amide bonds. The molecule has 1 aromatic heterocycles. The molecule has 1 unspecified atom stereocenters. The van der Waals surface area contributed by atoms with E-state index in [1.54, 1.807) is 6.07 Å². The van der Waals surface area contributed by atoms with Crippen LogP contribution in [0.2, 0.25) is 0 Å². The monoisotopic (exact) mass is 288 g/mol. The molecule has 0 spiro atoms. The molecule has 112 valence electrons. The maximum Gasteiger partial charge on any atom is 0.258 e. The van der Waals surface area contributed by atoms with Gasteiger partial charge in [-0.25, -0.2) is 4.98 Å². The number of hydrogen-bond donors (Lipinski definition) is 3. The number of rotatable bonds is 2. The van der Waals surface area contributed by atoms with Gasteiger partial charge in [0.05, 0.1) is 41.3 Å². The smallest absolute Gasteiger partial charge is 0.258 e. The molecule has 3 rings (SSSR count). The highest BCUT2D eigenvalue weighted by atomic mass is 16.3. The molecule has 2 aromatic rings. The van der Waals surface area contributed by atoms with Crippen molar-refractivity contribution in [2.75, 3.05) is 23.8 Å². The number of benzene rings is 1. The topological polar surface area (TPSA) is 95.2 Å². The number of hydrogen-bond acceptors (Lipinski definition) is 5. The van der Waals surface area contributed by atoms with Crippen LogP contribution in [0.1, 0.15) is 25.7 Å². The van der Waals surface area contributed by atoms with E-state index < -0.39 is 0 Å². The fourth-order valence-corrected chi connectivity index (χ4v) is 3.05. The number of nitrogens with zero attached hydrogens (tertiary/aromatic N) is 2. The standard InChI is InChI=1S/C15H20N4O2/c16-12-6-11-13(17-9-18-15(11)21)7-14(12)19-5-3-1-2-4-10(19)8-20/h6-7,9-10,20H,1-5,8,16H2,(H,17,18,21). The van der Waals surface area contributed by atoms with Crippen molar-refractivity contribution < 1.29 is 5.11 Å². The number of H-pyrrole nitrogens is 1. The van der Waals surface area contributed by atoms with Gasteiger partial charge in [0.15, 0.2) is 0 Å². The normalized spacial score (nSPS) is 19.7. The van der Waals surface area contributed by atoms with Gasteiger partial charge in [-0.05, 0) is 25.0 Å². The largest absolute Gasteiger partial charge is 0.397 e. The number of nitrogen functional groups attached to an aromatic ring is 1. The number of nitrogens with two attached hydrogens (primary N) is 1. The molecule has 1 saturated heterocycles. The van der Waals surface area contributed by atoms with Crippen LogP contribution in [0.5, 0.6) is 0 Å². The second-order valence-electron chi connectivity index (χ2n) is 5.54. The van der Waals surface area contributed by atoms with E-state index in [0.717, 1.165) is 31.5 Å². The Hall–Kier alpha value is -2.08. The molecule has 1 aliphatic rings. The Labute approximate surface area is 122 Å². The highest BCUT2D eigenvalue weighted by Gasteiger charge is 2.22. The van der Waals surface area contributed by atoms with Gasteiger partial charge in [-0.3, -0.25) is 4.79 Å². The van der Waals surface area contributed by atoms with Crippen LogP contribution in [0.25, 0.3) is 10.9 Å². The summed E-state index contributed by atoms with van der Waals surface area (Å²) in [4.78, 5) is 20.7. The van der Waals surface area contributed by atoms with E-state index >= 15 is 0 Å². The highest BCUT2D eigenvalue weighted by Crippen LogP contribution is 2.31. The van der Waals surface area contributed by atoms with E-state index in [1.807, 2.05) is 6.07 Å². The first kappa shape index (κ1) is 13.9. The lowest BCUT2D eigenvalue weighted by atomic mass is 10.1. The summed E-state index contributed by atoms with van der Waals surface area (Å²) in [5.41, 5.74) is 8.01. The number of aliphatic hydroxyl groups is 1. The van der Waals surface area contributed by atoms with Crippen molar-refractivity contribution in [2.24, 2.45) is 0 Å². The fourth-order valence-electron chi connectivity index (χ4n) is 3.05. The number of fused-ring (bicyclic) bond motifs is 1. The van der Waals surface area contributed by atoms with E-state index in [-0.39, 0.29) is 18.2 Å². The second-order valence-corrected chi connectivity index (χ2v) is 5.54. The Bertz CT molecular complexity index is 698. The molecule has 6 nitrogen and oxygen atoms in total. The Morgan fingerprint density at radius 2 is 2.24 bits per heavy atom. The number of aromatic nitrogens is 2. The summed E-state index contributed by atoms with van der Waals surface area (Å²) < 4.78 is 0. The minimum Gasteiger partial charge on any atom is -0.397 e. The van der Waals surface area contributed by atoms with Gasteiger partial charge < -0.3 is 20.7 Å². The van der Waals surface area contributed by atoms with Crippen molar-refractivity contribution in [3.05, 3.63) is 28.8 Å². The molecular weight excluding hydrogens is 268 g/mol. The van der Waals surface area contributed by atoms with E-state index in [2.05, 4.69) is 14.9 Å². The maximum absolute atomic E-state index is 11.8. The van der Waals surface area contributed by atoms with Crippen LogP contribution < -0.4 is 16.2 Å². The van der Waals surface area contributed by atoms with E-state index in [1.165, 1.54) is 12.7 Å². The van der Waals surface area contributed by atoms with Crippen LogP contribution >= 0.6 is 0 Å². The van der Waals surface area contributed by atoms with Gasteiger partial charge in [0.1, 0.15) is 0 Å². The van der Waals surface area contributed by atoms with Crippen LogP contribution in [-0.2, 0) is 0 Å². The summed E-state index contributed by atoms with van der Waals surface area (Å²) in [6.45, 7) is 0.977. The molecule has 2 heterocycles. The predicted molar refractivity (Wildman–Crippen MR) is 83.5 cm³/mol. The zero-order valence-corrected chi connectivity index (χ0v) is 11.9. The zero-order valence-electron chi connectivity index (χ0n) is 11.9. The van der Waals surface area contributed by atoms with Crippen molar-refractivity contribution in [2.45, 2.75) is 31.7 Å². The van der Waals surface area contributed by atoms with Gasteiger partial charge in [0.25, 0.3) is 5.56 Å². The Morgan fingerprint density at radius 1 is 1.38 bits per heavy atom. The average molecular weight is 288 g/mol. The molecule has 0 bridgehead atoms. The maximum atomic E-state index is 11.8. The summed E-state index contributed by atoms with van der Waals surface area (Å²) in [6, 6.07) is 3.61. The molecular formula is C15H20N4O2. The molecule has 0 saturated carbocycles. The van der Waals surface area contributed by atoms with Crippen LogP contribution in [0, 0.1) is 0 Å². The molecule has 0 aliphatic carbocycles. The van der Waals surface area contributed by atoms with Gasteiger partial charge in [0.2, 0.25) is 0 Å². The van der Waals surface area contributed by atoms with Gasteiger partial charge in [-0.15, -0.1) is 0 Å². The number of aromatic amines is 1. The van der Waals surface area contributed by atoms with Crippen molar-refractivity contribution in [3.63, 3.8) is 0 Å². The van der Waals surface area contributed by atoms with Gasteiger partial charge >= 0.3 is 0 Å².